The number of rotatable bonds is 11. The number of nitrogens with one attached hydrogen (secondary N) is 2. The first-order valence-corrected chi connectivity index (χ1v) is 10.9. The predicted molar refractivity (Wildman–Crippen MR) is 119 cm³/mol. The molecule has 1 unspecified atom stereocenters. The van der Waals surface area contributed by atoms with E-state index in [2.05, 4.69) is 10.6 Å². The van der Waals surface area contributed by atoms with Crippen molar-refractivity contribution in [3.63, 3.8) is 0 Å². The molecule has 34 heavy (non-hydrogen) atoms. The molecule has 0 saturated carbocycles. The minimum atomic E-state index is -0.905. The number of hydrogen-bond acceptors (Lipinski definition) is 8. The largest absolute Gasteiger partial charge is 0.494 e. The lowest BCUT2D eigenvalue weighted by Crippen LogP contribution is -2.47. The van der Waals surface area contributed by atoms with Gasteiger partial charge in [-0.15, -0.1) is 0 Å². The van der Waals surface area contributed by atoms with Crippen LogP contribution in [0.5, 0.6) is 5.75 Å². The van der Waals surface area contributed by atoms with Crippen molar-refractivity contribution in [2.45, 2.75) is 32.7 Å². The first kappa shape index (κ1) is 24.6. The van der Waals surface area contributed by atoms with E-state index in [9.17, 15) is 19.2 Å². The van der Waals surface area contributed by atoms with Gasteiger partial charge in [0.1, 0.15) is 24.2 Å². The fourth-order valence-electron chi connectivity index (χ4n) is 3.34. The van der Waals surface area contributed by atoms with Gasteiger partial charge in [0, 0.05) is 12.0 Å². The van der Waals surface area contributed by atoms with E-state index < -0.39 is 24.0 Å². The molecule has 2 heterocycles. The van der Waals surface area contributed by atoms with Crippen LogP contribution in [0, 0.1) is 0 Å². The maximum Gasteiger partial charge on any atom is 0.338 e. The van der Waals surface area contributed by atoms with Gasteiger partial charge in [0.15, 0.2) is 5.78 Å². The smallest absolute Gasteiger partial charge is 0.338 e. The van der Waals surface area contributed by atoms with Gasteiger partial charge in [0.2, 0.25) is 0 Å². The molecule has 1 aliphatic rings. The zero-order valence-electron chi connectivity index (χ0n) is 18.9. The number of Topliss-reactive ketones (excluding diaryl/α,β-unsaturated/α-hetero) is 1. The highest BCUT2D eigenvalue weighted by molar-refractivity contribution is 5.98. The van der Waals surface area contributed by atoms with Crippen LogP contribution in [0.4, 0.5) is 4.79 Å². The van der Waals surface area contributed by atoms with Crippen LogP contribution in [0.25, 0.3) is 0 Å². The van der Waals surface area contributed by atoms with E-state index in [0.29, 0.717) is 23.7 Å². The minimum absolute atomic E-state index is 0.0560. The van der Waals surface area contributed by atoms with Gasteiger partial charge in [-0.2, -0.15) is 0 Å². The Hall–Kier alpha value is -4.08. The van der Waals surface area contributed by atoms with Crippen LogP contribution in [-0.2, 0) is 19.1 Å². The van der Waals surface area contributed by atoms with Gasteiger partial charge in [-0.05, 0) is 50.2 Å². The summed E-state index contributed by atoms with van der Waals surface area (Å²) >= 11 is 0. The Balaban J connectivity index is 1.64. The Bertz CT molecular complexity index is 1060. The van der Waals surface area contributed by atoms with Crippen LogP contribution in [0.15, 0.2) is 58.3 Å². The van der Waals surface area contributed by atoms with Crippen molar-refractivity contribution in [1.29, 1.82) is 0 Å². The number of ether oxygens (including phenoxy) is 3. The summed E-state index contributed by atoms with van der Waals surface area (Å²) in [6, 6.07) is 8.37. The zero-order chi connectivity index (χ0) is 24.5. The predicted octanol–water partition coefficient (Wildman–Crippen LogP) is 3.06. The number of carbonyl (C=O) groups is 4. The van der Waals surface area contributed by atoms with Crippen molar-refractivity contribution < 1.29 is 37.8 Å². The van der Waals surface area contributed by atoms with Gasteiger partial charge in [-0.3, -0.25) is 9.59 Å². The van der Waals surface area contributed by atoms with Crippen LogP contribution in [-0.4, -0.2) is 43.6 Å². The van der Waals surface area contributed by atoms with E-state index >= 15 is 0 Å². The molecule has 2 aromatic rings. The van der Waals surface area contributed by atoms with Gasteiger partial charge < -0.3 is 29.3 Å². The zero-order valence-corrected chi connectivity index (χ0v) is 18.9. The molecule has 0 radical (unpaired) electrons. The highest BCUT2D eigenvalue weighted by atomic mass is 16.5. The first-order chi connectivity index (χ1) is 16.4. The number of carbonyl (C=O) groups excluding carboxylic acids is 4. The quantitative estimate of drug-likeness (QED) is 0.378. The maximum atomic E-state index is 12.6. The SMILES string of the molecule is CCOC(=O)C1=C(COC(=O)CCC(=O)c2ccc(OCC)cc2)NC(=O)NC1c1ccco1. The average Bonchev–Trinajstić information content (AvgIpc) is 3.36. The normalized spacial score (nSPS) is 15.2. The molecule has 1 aromatic carbocycles. The number of furan rings is 1. The van der Waals surface area contributed by atoms with Crippen LogP contribution in [0.2, 0.25) is 0 Å². The summed E-state index contributed by atoms with van der Waals surface area (Å²) in [5, 5.41) is 5.09. The Labute approximate surface area is 196 Å². The Morgan fingerprint density at radius 1 is 1.00 bits per heavy atom. The summed E-state index contributed by atoms with van der Waals surface area (Å²) in [5.74, 6) is -0.589. The topological polar surface area (TPSA) is 133 Å². The molecule has 0 aliphatic carbocycles. The molecule has 2 amide bonds. The molecule has 1 atom stereocenters. The summed E-state index contributed by atoms with van der Waals surface area (Å²) in [6.07, 6.45) is 1.19. The third-order valence-electron chi connectivity index (χ3n) is 4.90. The Morgan fingerprint density at radius 3 is 2.41 bits per heavy atom. The monoisotopic (exact) mass is 470 g/mol. The summed E-state index contributed by atoms with van der Waals surface area (Å²) in [7, 11) is 0. The van der Waals surface area contributed by atoms with Crippen LogP contribution >= 0.6 is 0 Å². The van der Waals surface area contributed by atoms with Crippen molar-refractivity contribution >= 4 is 23.8 Å². The second kappa shape index (κ2) is 11.7. The van der Waals surface area contributed by atoms with Crippen molar-refractivity contribution in [1.82, 2.24) is 10.6 Å². The molecule has 0 bridgehead atoms. The average molecular weight is 470 g/mol. The molecule has 10 heteroatoms. The summed E-state index contributed by atoms with van der Waals surface area (Å²) in [5.41, 5.74) is 0.597. The van der Waals surface area contributed by atoms with E-state index in [1.54, 1.807) is 43.3 Å². The lowest BCUT2D eigenvalue weighted by molar-refractivity contribution is -0.143. The summed E-state index contributed by atoms with van der Waals surface area (Å²) < 4.78 is 21.0. The number of ketones is 1. The Kier molecular flexibility index (Phi) is 8.44. The lowest BCUT2D eigenvalue weighted by atomic mass is 10.0. The van der Waals surface area contributed by atoms with Gasteiger partial charge in [0.05, 0.1) is 37.2 Å². The fraction of sp³-hybridized carbons (Fsp3) is 0.333. The summed E-state index contributed by atoms with van der Waals surface area (Å²) in [6.45, 7) is 3.77. The van der Waals surface area contributed by atoms with E-state index in [0.717, 1.165) is 0 Å². The van der Waals surface area contributed by atoms with E-state index in [1.807, 2.05) is 6.92 Å². The number of urea groups is 1. The van der Waals surface area contributed by atoms with E-state index in [4.69, 9.17) is 18.6 Å². The van der Waals surface area contributed by atoms with E-state index in [1.165, 1.54) is 6.26 Å². The Morgan fingerprint density at radius 2 is 1.76 bits per heavy atom. The van der Waals surface area contributed by atoms with Crippen molar-refractivity contribution in [2.75, 3.05) is 19.8 Å². The van der Waals surface area contributed by atoms with Crippen LogP contribution in [0.3, 0.4) is 0 Å². The second-order valence-electron chi connectivity index (χ2n) is 7.20. The third-order valence-corrected chi connectivity index (χ3v) is 4.90. The molecule has 3 rings (SSSR count). The van der Waals surface area contributed by atoms with E-state index in [-0.39, 0.29) is 43.1 Å². The molecule has 0 saturated heterocycles. The van der Waals surface area contributed by atoms with Crippen LogP contribution < -0.4 is 15.4 Å². The third kappa shape index (κ3) is 6.25. The van der Waals surface area contributed by atoms with Crippen molar-refractivity contribution in [3.8, 4) is 5.75 Å². The van der Waals surface area contributed by atoms with Gasteiger partial charge in [-0.1, -0.05) is 0 Å². The van der Waals surface area contributed by atoms with Gasteiger partial charge in [-0.25, -0.2) is 9.59 Å². The molecule has 0 spiro atoms. The molecule has 1 aromatic heterocycles. The number of esters is 2. The molecular weight excluding hydrogens is 444 g/mol. The molecule has 180 valence electrons. The molecule has 10 nitrogen and oxygen atoms in total. The van der Waals surface area contributed by atoms with Gasteiger partial charge >= 0.3 is 18.0 Å². The van der Waals surface area contributed by atoms with Crippen molar-refractivity contribution in [3.05, 3.63) is 65.3 Å². The standard InChI is InChI=1S/C24H26N2O8/c1-3-31-16-9-7-15(8-10-16)18(27)11-12-20(28)34-14-17-21(23(29)32-4-2)22(26-24(30)25-17)19-6-5-13-33-19/h5-10,13,22H,3-4,11-12,14H2,1-2H3,(H2,25,26,30). The number of benzene rings is 1. The molecule has 1 aliphatic heterocycles. The maximum absolute atomic E-state index is 12.6. The highest BCUT2D eigenvalue weighted by Crippen LogP contribution is 2.28. The summed E-state index contributed by atoms with van der Waals surface area (Å²) in [4.78, 5) is 49.4. The lowest BCUT2D eigenvalue weighted by Gasteiger charge is -2.27. The number of hydrogen-bond donors (Lipinski definition) is 2. The molecular formula is C24H26N2O8. The fourth-order valence-corrected chi connectivity index (χ4v) is 3.34. The first-order valence-electron chi connectivity index (χ1n) is 10.9. The number of amides is 2. The highest BCUT2D eigenvalue weighted by Gasteiger charge is 2.35. The van der Waals surface area contributed by atoms with Crippen molar-refractivity contribution in [2.24, 2.45) is 0 Å². The minimum Gasteiger partial charge on any atom is -0.494 e. The molecule has 2 N–H and O–H groups in total. The molecule has 0 fully saturated rings. The second-order valence-corrected chi connectivity index (χ2v) is 7.20. The van der Waals surface area contributed by atoms with Crippen LogP contribution in [0.1, 0.15) is 48.8 Å². The van der Waals surface area contributed by atoms with Gasteiger partial charge in [0.25, 0.3) is 0 Å².